The Hall–Kier alpha value is -2.13. The Labute approximate surface area is 178 Å². The largest absolute Gasteiger partial charge is 0.393 e. The second kappa shape index (κ2) is 6.43. The van der Waals surface area contributed by atoms with Crippen molar-refractivity contribution in [1.82, 2.24) is 4.57 Å². The van der Waals surface area contributed by atoms with Gasteiger partial charge in [-0.15, -0.1) is 0 Å². The fourth-order valence-corrected chi connectivity index (χ4v) is 7.76. The van der Waals surface area contributed by atoms with Crippen LogP contribution in [0.3, 0.4) is 0 Å². The van der Waals surface area contributed by atoms with Crippen LogP contribution in [0.15, 0.2) is 54.3 Å². The molecule has 2 saturated carbocycles. The molecule has 1 aromatic carbocycles. The molecule has 3 heteroatoms. The average molecular weight is 402 g/mol. The van der Waals surface area contributed by atoms with Crippen LogP contribution in [-0.4, -0.2) is 22.1 Å². The fourth-order valence-electron chi connectivity index (χ4n) is 7.76. The molecule has 3 nitrogen and oxygen atoms in total. The number of aliphatic hydroxyl groups is 1. The van der Waals surface area contributed by atoms with E-state index in [1.165, 1.54) is 28.5 Å². The van der Waals surface area contributed by atoms with E-state index >= 15 is 0 Å². The van der Waals surface area contributed by atoms with Gasteiger partial charge < -0.3 is 14.5 Å². The molecule has 0 saturated heterocycles. The van der Waals surface area contributed by atoms with Crippen LogP contribution in [0.25, 0.3) is 16.6 Å². The van der Waals surface area contributed by atoms with Gasteiger partial charge in [-0.05, 0) is 85.6 Å². The van der Waals surface area contributed by atoms with Gasteiger partial charge in [0, 0.05) is 11.9 Å². The SMILES string of the molecule is C[C@]12CC[C@H](O)CC1=CCC1C2CC[C@]2(C=O)C(n3ccc4ccccc43)=CCC12. The average Bonchev–Trinajstić information content (AvgIpc) is 3.35. The lowest BCUT2D eigenvalue weighted by Crippen LogP contribution is -2.51. The zero-order valence-corrected chi connectivity index (χ0v) is 17.8. The minimum absolute atomic E-state index is 0.166. The van der Waals surface area contributed by atoms with Crippen LogP contribution in [0.5, 0.6) is 0 Å². The van der Waals surface area contributed by atoms with Crippen LogP contribution < -0.4 is 0 Å². The third kappa shape index (κ3) is 2.33. The van der Waals surface area contributed by atoms with Gasteiger partial charge in [-0.2, -0.15) is 0 Å². The number of nitrogens with zero attached hydrogens (tertiary/aromatic N) is 1. The van der Waals surface area contributed by atoms with Gasteiger partial charge in [0.1, 0.15) is 6.29 Å². The number of aldehydes is 1. The molecule has 0 radical (unpaired) electrons. The van der Waals surface area contributed by atoms with Crippen molar-refractivity contribution < 1.29 is 9.90 Å². The van der Waals surface area contributed by atoms with Crippen molar-refractivity contribution in [3.05, 3.63) is 54.3 Å². The number of aromatic nitrogens is 1. The molecule has 4 aliphatic carbocycles. The predicted molar refractivity (Wildman–Crippen MR) is 120 cm³/mol. The molecule has 30 heavy (non-hydrogen) atoms. The molecule has 0 aliphatic heterocycles. The fraction of sp³-hybridized carbons (Fsp3) is 0.519. The lowest BCUT2D eigenvalue weighted by atomic mass is 9.47. The molecule has 3 unspecified atom stereocenters. The van der Waals surface area contributed by atoms with E-state index in [4.69, 9.17) is 0 Å². The molecule has 0 bridgehead atoms. The Morgan fingerprint density at radius 2 is 1.93 bits per heavy atom. The molecule has 156 valence electrons. The van der Waals surface area contributed by atoms with E-state index in [2.05, 4.69) is 60.2 Å². The lowest BCUT2D eigenvalue weighted by Gasteiger charge is -2.57. The monoisotopic (exact) mass is 401 g/mol. The molecular formula is C27H31NO2. The maximum absolute atomic E-state index is 12.8. The number of carbonyl (C=O) groups is 1. The van der Waals surface area contributed by atoms with Crippen LogP contribution >= 0.6 is 0 Å². The maximum atomic E-state index is 12.8. The van der Waals surface area contributed by atoms with Crippen molar-refractivity contribution >= 4 is 22.9 Å². The van der Waals surface area contributed by atoms with E-state index in [-0.39, 0.29) is 16.9 Å². The standard InChI is InChI=1S/C27H31NO2/c1-26-13-10-20(30)16-19(26)6-7-21-22(26)11-14-27(17-29)23(21)8-9-25(27)28-15-12-18-4-2-3-5-24(18)28/h2-6,9,12,15,17,20-23,30H,7-8,10-11,13-14,16H2,1H3/t20-,21?,22?,23?,26-,27+/m0/s1. The third-order valence-electron chi connectivity index (χ3n) is 9.32. The molecule has 6 rings (SSSR count). The Morgan fingerprint density at radius 1 is 1.07 bits per heavy atom. The molecule has 2 fully saturated rings. The first-order valence-corrected chi connectivity index (χ1v) is 11.7. The Morgan fingerprint density at radius 3 is 2.80 bits per heavy atom. The molecule has 1 heterocycles. The number of rotatable bonds is 2. The van der Waals surface area contributed by atoms with Crippen molar-refractivity contribution in [3.8, 4) is 0 Å². The highest BCUT2D eigenvalue weighted by Gasteiger charge is 2.59. The van der Waals surface area contributed by atoms with Crippen LogP contribution in [-0.2, 0) is 4.79 Å². The summed E-state index contributed by atoms with van der Waals surface area (Å²) in [6, 6.07) is 10.6. The summed E-state index contributed by atoms with van der Waals surface area (Å²) in [6.45, 7) is 2.44. The van der Waals surface area contributed by atoms with E-state index in [1.807, 2.05) is 0 Å². The first-order valence-electron chi connectivity index (χ1n) is 11.7. The number of fused-ring (bicyclic) bond motifs is 6. The van der Waals surface area contributed by atoms with E-state index < -0.39 is 0 Å². The highest BCUT2D eigenvalue weighted by atomic mass is 16.3. The zero-order valence-electron chi connectivity index (χ0n) is 17.8. The van der Waals surface area contributed by atoms with Crippen molar-refractivity contribution in [1.29, 1.82) is 0 Å². The molecule has 4 aliphatic rings. The predicted octanol–water partition coefficient (Wildman–Crippen LogP) is 5.59. The first kappa shape index (κ1) is 18.6. The number of hydrogen-bond donors (Lipinski definition) is 1. The van der Waals surface area contributed by atoms with Gasteiger partial charge >= 0.3 is 0 Å². The molecular weight excluding hydrogens is 370 g/mol. The van der Waals surface area contributed by atoms with E-state index in [0.717, 1.165) is 44.9 Å². The minimum atomic E-state index is -0.362. The van der Waals surface area contributed by atoms with Gasteiger partial charge in [-0.25, -0.2) is 0 Å². The number of hydrogen-bond acceptors (Lipinski definition) is 2. The highest BCUT2D eigenvalue weighted by Crippen LogP contribution is 2.65. The van der Waals surface area contributed by atoms with Crippen molar-refractivity contribution in [2.24, 2.45) is 28.6 Å². The number of carbonyl (C=O) groups excluding carboxylic acids is 1. The van der Waals surface area contributed by atoms with Crippen LogP contribution in [0, 0.1) is 28.6 Å². The van der Waals surface area contributed by atoms with Crippen molar-refractivity contribution in [2.45, 2.75) is 58.0 Å². The van der Waals surface area contributed by atoms with Gasteiger partial charge in [0.15, 0.2) is 0 Å². The van der Waals surface area contributed by atoms with E-state index in [9.17, 15) is 9.90 Å². The summed E-state index contributed by atoms with van der Waals surface area (Å²) in [4.78, 5) is 12.8. The quantitative estimate of drug-likeness (QED) is 0.526. The van der Waals surface area contributed by atoms with Gasteiger partial charge in [0.25, 0.3) is 0 Å². The van der Waals surface area contributed by atoms with Gasteiger partial charge in [0.2, 0.25) is 0 Å². The summed E-state index contributed by atoms with van der Waals surface area (Å²) < 4.78 is 2.28. The summed E-state index contributed by atoms with van der Waals surface area (Å²) in [5.41, 5.74) is 3.75. The van der Waals surface area contributed by atoms with Crippen LogP contribution in [0.4, 0.5) is 0 Å². The van der Waals surface area contributed by atoms with Crippen LogP contribution in [0.1, 0.15) is 51.9 Å². The number of benzene rings is 1. The number of allylic oxidation sites excluding steroid dienone is 3. The highest BCUT2D eigenvalue weighted by molar-refractivity contribution is 5.88. The molecule has 2 aromatic rings. The molecule has 0 spiro atoms. The first-order chi connectivity index (χ1) is 14.6. The third-order valence-corrected chi connectivity index (χ3v) is 9.32. The smallest absolute Gasteiger partial charge is 0.132 e. The van der Waals surface area contributed by atoms with Gasteiger partial charge in [-0.1, -0.05) is 42.8 Å². The zero-order chi connectivity index (χ0) is 20.5. The second-order valence-electron chi connectivity index (χ2n) is 10.4. The Kier molecular flexibility index (Phi) is 3.99. The summed E-state index contributed by atoms with van der Waals surface area (Å²) in [7, 11) is 0. The molecule has 1 N–H and O–H groups in total. The molecule has 1 aromatic heterocycles. The van der Waals surface area contributed by atoms with Crippen molar-refractivity contribution in [2.75, 3.05) is 0 Å². The van der Waals surface area contributed by atoms with Gasteiger partial charge in [0.05, 0.1) is 17.0 Å². The second-order valence-corrected chi connectivity index (χ2v) is 10.4. The molecule has 6 atom stereocenters. The van der Waals surface area contributed by atoms with E-state index in [0.29, 0.717) is 17.8 Å². The lowest BCUT2D eigenvalue weighted by molar-refractivity contribution is -0.122. The van der Waals surface area contributed by atoms with Crippen LogP contribution in [0.2, 0.25) is 0 Å². The minimum Gasteiger partial charge on any atom is -0.393 e. The summed E-state index contributed by atoms with van der Waals surface area (Å²) in [6.07, 6.45) is 15.1. The Bertz CT molecular complexity index is 1080. The number of aliphatic hydroxyl groups excluding tert-OH is 1. The van der Waals surface area contributed by atoms with E-state index in [1.54, 1.807) is 0 Å². The Balaban J connectivity index is 1.40. The van der Waals surface area contributed by atoms with Crippen molar-refractivity contribution in [3.63, 3.8) is 0 Å². The summed E-state index contributed by atoms with van der Waals surface area (Å²) in [5, 5.41) is 11.4. The number of para-hydroxylation sites is 1. The topological polar surface area (TPSA) is 42.2 Å². The van der Waals surface area contributed by atoms with Gasteiger partial charge in [-0.3, -0.25) is 0 Å². The normalized spacial score (nSPS) is 40.2. The molecule has 0 amide bonds. The maximum Gasteiger partial charge on any atom is 0.132 e. The summed E-state index contributed by atoms with van der Waals surface area (Å²) >= 11 is 0. The summed E-state index contributed by atoms with van der Waals surface area (Å²) in [5.74, 6) is 1.59.